The van der Waals surface area contributed by atoms with Crippen LogP contribution in [0.2, 0.25) is 0 Å². The van der Waals surface area contributed by atoms with Crippen molar-refractivity contribution in [2.24, 2.45) is 0 Å². The maximum Gasteiger partial charge on any atom is 0.351 e. The quantitative estimate of drug-likeness (QED) is 0.743. The number of hydrogen-bond donors (Lipinski definition) is 0. The molecule has 0 N–H and O–H groups in total. The molecule has 0 spiro atoms. The highest BCUT2D eigenvalue weighted by atomic mass is 35.5. The topological polar surface area (TPSA) is 26.3 Å². The number of carbonyl (C=O) groups excluding carboxylic acids is 1. The van der Waals surface area contributed by atoms with Crippen molar-refractivity contribution < 1.29 is 9.53 Å². The summed E-state index contributed by atoms with van der Waals surface area (Å²) in [5.41, 5.74) is 1.17. The standard InChI is InChI=1S/C11H9ClO2S/c1-7-4-2-3-5-8(7)15-9-6-14-11(13)10(9)12/h2-5H,6H2,1H3. The van der Waals surface area contributed by atoms with E-state index in [-0.39, 0.29) is 11.6 Å². The van der Waals surface area contributed by atoms with E-state index in [1.165, 1.54) is 17.3 Å². The minimum atomic E-state index is -0.423. The van der Waals surface area contributed by atoms with E-state index in [0.717, 1.165) is 9.80 Å². The molecule has 2 rings (SSSR count). The van der Waals surface area contributed by atoms with Gasteiger partial charge in [-0.25, -0.2) is 4.79 Å². The van der Waals surface area contributed by atoms with Crippen molar-refractivity contribution >= 4 is 29.3 Å². The van der Waals surface area contributed by atoms with Gasteiger partial charge in [-0.05, 0) is 18.6 Å². The Morgan fingerprint density at radius 3 is 2.73 bits per heavy atom. The first-order valence-electron chi connectivity index (χ1n) is 4.48. The van der Waals surface area contributed by atoms with Gasteiger partial charge in [0.05, 0.1) is 4.91 Å². The van der Waals surface area contributed by atoms with Gasteiger partial charge in [0.1, 0.15) is 11.6 Å². The van der Waals surface area contributed by atoms with Gasteiger partial charge in [0.15, 0.2) is 0 Å². The summed E-state index contributed by atoms with van der Waals surface area (Å²) >= 11 is 7.31. The van der Waals surface area contributed by atoms with Crippen molar-refractivity contribution in [3.05, 3.63) is 39.8 Å². The number of thioether (sulfide) groups is 1. The number of carbonyl (C=O) groups is 1. The molecule has 0 radical (unpaired) electrons. The van der Waals surface area contributed by atoms with Gasteiger partial charge >= 0.3 is 5.97 Å². The highest BCUT2D eigenvalue weighted by molar-refractivity contribution is 8.03. The number of halogens is 1. The number of ether oxygens (including phenoxy) is 1. The molecule has 0 unspecified atom stereocenters. The van der Waals surface area contributed by atoms with E-state index < -0.39 is 5.97 Å². The first kappa shape index (κ1) is 10.6. The van der Waals surface area contributed by atoms with Crippen LogP contribution in [0.4, 0.5) is 0 Å². The molecular weight excluding hydrogens is 232 g/mol. The van der Waals surface area contributed by atoms with Gasteiger partial charge in [-0.1, -0.05) is 41.6 Å². The molecule has 0 amide bonds. The average Bonchev–Trinajstić information content (AvgIpc) is 2.53. The normalized spacial score (nSPS) is 15.7. The average molecular weight is 241 g/mol. The molecule has 78 valence electrons. The Kier molecular flexibility index (Phi) is 3.03. The first-order valence-corrected chi connectivity index (χ1v) is 5.67. The van der Waals surface area contributed by atoms with Crippen LogP contribution in [0.25, 0.3) is 0 Å². The third-order valence-electron chi connectivity index (χ3n) is 2.09. The minimum absolute atomic E-state index is 0.211. The number of aryl methyl sites for hydroxylation is 1. The molecule has 0 bridgehead atoms. The second kappa shape index (κ2) is 4.29. The van der Waals surface area contributed by atoms with Gasteiger partial charge in [-0.15, -0.1) is 0 Å². The Morgan fingerprint density at radius 1 is 1.40 bits per heavy atom. The number of esters is 1. The molecule has 1 aliphatic rings. The molecule has 1 aromatic rings. The Bertz CT molecular complexity index is 440. The molecule has 0 saturated heterocycles. The number of benzene rings is 1. The van der Waals surface area contributed by atoms with Gasteiger partial charge in [-0.3, -0.25) is 0 Å². The molecule has 15 heavy (non-hydrogen) atoms. The van der Waals surface area contributed by atoms with E-state index in [0.29, 0.717) is 0 Å². The highest BCUT2D eigenvalue weighted by Crippen LogP contribution is 2.35. The molecular formula is C11H9ClO2S. The molecule has 2 nitrogen and oxygen atoms in total. The molecule has 1 heterocycles. The first-order chi connectivity index (χ1) is 7.18. The zero-order chi connectivity index (χ0) is 10.8. The molecule has 1 aromatic carbocycles. The van der Waals surface area contributed by atoms with E-state index >= 15 is 0 Å². The third kappa shape index (κ3) is 2.19. The Labute approximate surface area is 97.3 Å². The van der Waals surface area contributed by atoms with Gasteiger partial charge in [0.2, 0.25) is 0 Å². The SMILES string of the molecule is Cc1ccccc1SC1=C(Cl)C(=O)OC1. The van der Waals surface area contributed by atoms with E-state index in [9.17, 15) is 4.79 Å². The predicted molar refractivity (Wildman–Crippen MR) is 60.9 cm³/mol. The lowest BCUT2D eigenvalue weighted by Crippen LogP contribution is -1.93. The summed E-state index contributed by atoms with van der Waals surface area (Å²) in [7, 11) is 0. The van der Waals surface area contributed by atoms with E-state index in [4.69, 9.17) is 16.3 Å². The van der Waals surface area contributed by atoms with Crippen LogP contribution < -0.4 is 0 Å². The van der Waals surface area contributed by atoms with Crippen LogP contribution >= 0.6 is 23.4 Å². The molecule has 0 aromatic heterocycles. The summed E-state index contributed by atoms with van der Waals surface area (Å²) < 4.78 is 4.82. The van der Waals surface area contributed by atoms with Crippen molar-refractivity contribution in [2.75, 3.05) is 6.61 Å². The van der Waals surface area contributed by atoms with Gasteiger partial charge in [0.25, 0.3) is 0 Å². The lowest BCUT2D eigenvalue weighted by Gasteiger charge is -2.04. The summed E-state index contributed by atoms with van der Waals surface area (Å²) in [6, 6.07) is 7.96. The van der Waals surface area contributed by atoms with E-state index in [2.05, 4.69) is 0 Å². The second-order valence-electron chi connectivity index (χ2n) is 3.18. The van der Waals surface area contributed by atoms with Crippen LogP contribution in [-0.4, -0.2) is 12.6 Å². The summed E-state index contributed by atoms with van der Waals surface area (Å²) in [5.74, 6) is -0.423. The lowest BCUT2D eigenvalue weighted by molar-refractivity contribution is -0.135. The zero-order valence-corrected chi connectivity index (χ0v) is 9.69. The fourth-order valence-corrected chi connectivity index (χ4v) is 2.41. The van der Waals surface area contributed by atoms with Crippen molar-refractivity contribution in [3.8, 4) is 0 Å². The summed E-state index contributed by atoms with van der Waals surface area (Å²) in [4.78, 5) is 12.9. The van der Waals surface area contributed by atoms with Crippen LogP contribution in [0.5, 0.6) is 0 Å². The van der Waals surface area contributed by atoms with Crippen molar-refractivity contribution in [1.29, 1.82) is 0 Å². The Hall–Kier alpha value is -0.930. The number of rotatable bonds is 2. The molecule has 0 atom stereocenters. The fourth-order valence-electron chi connectivity index (χ4n) is 1.25. The van der Waals surface area contributed by atoms with Crippen LogP contribution in [0.3, 0.4) is 0 Å². The van der Waals surface area contributed by atoms with Crippen LogP contribution in [0.1, 0.15) is 5.56 Å². The van der Waals surface area contributed by atoms with Gasteiger partial charge in [0, 0.05) is 4.90 Å². The highest BCUT2D eigenvalue weighted by Gasteiger charge is 2.23. The van der Waals surface area contributed by atoms with E-state index in [1.54, 1.807) is 0 Å². The smallest absolute Gasteiger partial charge is 0.351 e. The van der Waals surface area contributed by atoms with Crippen molar-refractivity contribution in [2.45, 2.75) is 11.8 Å². The molecule has 0 saturated carbocycles. The second-order valence-corrected chi connectivity index (χ2v) is 4.70. The summed E-state index contributed by atoms with van der Waals surface area (Å²) in [6.45, 7) is 2.31. The molecule has 1 aliphatic heterocycles. The number of hydrogen-bond acceptors (Lipinski definition) is 3. The summed E-state index contributed by atoms with van der Waals surface area (Å²) in [5, 5.41) is 0.211. The van der Waals surface area contributed by atoms with Crippen molar-refractivity contribution in [3.63, 3.8) is 0 Å². The lowest BCUT2D eigenvalue weighted by atomic mass is 10.2. The zero-order valence-electron chi connectivity index (χ0n) is 8.12. The summed E-state index contributed by atoms with van der Waals surface area (Å²) in [6.07, 6.45) is 0. The fraction of sp³-hybridized carbons (Fsp3) is 0.182. The monoisotopic (exact) mass is 240 g/mol. The maximum atomic E-state index is 11.0. The molecule has 4 heteroatoms. The van der Waals surface area contributed by atoms with Crippen LogP contribution in [0.15, 0.2) is 39.1 Å². The minimum Gasteiger partial charge on any atom is -0.456 e. The maximum absolute atomic E-state index is 11.0. The van der Waals surface area contributed by atoms with E-state index in [1.807, 2.05) is 31.2 Å². The largest absolute Gasteiger partial charge is 0.456 e. The Morgan fingerprint density at radius 2 is 2.13 bits per heavy atom. The van der Waals surface area contributed by atoms with Gasteiger partial charge < -0.3 is 4.74 Å². The van der Waals surface area contributed by atoms with Gasteiger partial charge in [-0.2, -0.15) is 0 Å². The molecule has 0 fully saturated rings. The van der Waals surface area contributed by atoms with Crippen LogP contribution in [-0.2, 0) is 9.53 Å². The van der Waals surface area contributed by atoms with Crippen LogP contribution in [0, 0.1) is 6.92 Å². The predicted octanol–water partition coefficient (Wildman–Crippen LogP) is 3.09. The Balaban J connectivity index is 2.24. The number of cyclic esters (lactones) is 1. The van der Waals surface area contributed by atoms with Crippen molar-refractivity contribution in [1.82, 2.24) is 0 Å². The third-order valence-corrected chi connectivity index (χ3v) is 3.83. The molecule has 0 aliphatic carbocycles.